The molecular weight excluding hydrogens is 171 g/mol. The molecule has 0 nitrogen and oxygen atoms in total. The van der Waals surface area contributed by atoms with Gasteiger partial charge in [0.05, 0.1) is 0 Å². The topological polar surface area (TPSA) is 0 Å². The average molecular weight is 179 g/mol. The van der Waals surface area contributed by atoms with Gasteiger partial charge >= 0.3 is 18.6 Å². The predicted molar refractivity (Wildman–Crippen MR) is 34.8 cm³/mol. The number of rotatable bonds is 1. The van der Waals surface area contributed by atoms with Crippen molar-refractivity contribution in [3.63, 3.8) is 0 Å². The molecule has 0 saturated heterocycles. The molecule has 4 heteroatoms. The van der Waals surface area contributed by atoms with E-state index in [-0.39, 0.29) is 26.0 Å². The molecule has 0 amide bonds. The zero-order valence-corrected chi connectivity index (χ0v) is 7.23. The van der Waals surface area contributed by atoms with Crippen molar-refractivity contribution in [2.75, 3.05) is 5.08 Å². The van der Waals surface area contributed by atoms with Crippen LogP contribution in [0.1, 0.15) is 0 Å². The van der Waals surface area contributed by atoms with E-state index in [0.29, 0.717) is 5.08 Å². The molecule has 0 aromatic rings. The summed E-state index contributed by atoms with van der Waals surface area (Å²) in [5.74, 6) is 0. The monoisotopic (exact) mass is 179 g/mol. The number of thiol groups is 1. The molecular formula is C2H6S3V. The van der Waals surface area contributed by atoms with E-state index in [1.807, 2.05) is 0 Å². The molecule has 1 atom stereocenters. The molecule has 1 radical (unpaired) electrons. The minimum absolute atomic E-state index is 0. The molecule has 37 valence electrons. The van der Waals surface area contributed by atoms with E-state index >= 15 is 0 Å². The van der Waals surface area contributed by atoms with Crippen molar-refractivity contribution in [1.29, 1.82) is 1.12 Å². The van der Waals surface area contributed by atoms with Crippen LogP contribution in [0.15, 0.2) is 0 Å². The van der Waals surface area contributed by atoms with Gasteiger partial charge in [0.1, 0.15) is 1.12 Å². The van der Waals surface area contributed by atoms with Gasteiger partial charge in [-0.05, 0) is 0 Å². The summed E-state index contributed by atoms with van der Waals surface area (Å²) in [5.41, 5.74) is 0. The fraction of sp³-hybridized carbons (Fsp3) is 0.500. The molecule has 0 fully saturated rings. The van der Waals surface area contributed by atoms with Crippen molar-refractivity contribution < 1.29 is 18.6 Å². The van der Waals surface area contributed by atoms with Crippen LogP contribution in [0.3, 0.4) is 0 Å². The third kappa shape index (κ3) is 17.8. The van der Waals surface area contributed by atoms with E-state index in [1.54, 1.807) is 0 Å². The van der Waals surface area contributed by atoms with Gasteiger partial charge in [0.2, 0.25) is 0 Å². The van der Waals surface area contributed by atoms with E-state index < -0.39 is 10.2 Å². The van der Waals surface area contributed by atoms with Crippen LogP contribution in [0, 0.1) is 7.43 Å². The molecule has 0 saturated carbocycles. The zero-order valence-electron chi connectivity index (χ0n) is 4.38. The molecule has 1 unspecified atom stereocenters. The Morgan fingerprint density at radius 2 is 2.17 bits per heavy atom. The van der Waals surface area contributed by atoms with Gasteiger partial charge in [-0.1, -0.05) is 11.2 Å². The molecule has 0 aromatic carbocycles. The van der Waals surface area contributed by atoms with Crippen LogP contribution >= 0.6 is 0 Å². The maximum absolute atomic E-state index is 6.56. The van der Waals surface area contributed by atoms with E-state index in [0.717, 1.165) is 0 Å². The van der Waals surface area contributed by atoms with Crippen LogP contribution in [0.25, 0.3) is 0 Å². The second kappa shape index (κ2) is 16.0. The first-order chi connectivity index (χ1) is 2.27. The second-order valence-corrected chi connectivity index (χ2v) is 2.12. The molecule has 0 spiro atoms. The zero-order chi connectivity index (χ0) is 4.28. The Labute approximate surface area is 66.1 Å². The Morgan fingerprint density at radius 1 is 2.00 bits per heavy atom. The van der Waals surface area contributed by atoms with E-state index in [9.17, 15) is 0 Å². The average Bonchev–Trinajstić information content (AvgIpc) is 1.38. The van der Waals surface area contributed by atoms with Gasteiger partial charge in [0.15, 0.2) is 0 Å². The van der Waals surface area contributed by atoms with Gasteiger partial charge in [-0.15, -0.1) is 5.08 Å². The van der Waals surface area contributed by atoms with Crippen LogP contribution in [0.2, 0.25) is 0 Å². The van der Waals surface area contributed by atoms with Crippen molar-refractivity contribution in [3.8, 4) is 0 Å². The largest absolute Gasteiger partial charge is 2.00 e. The first-order valence-corrected chi connectivity index (χ1v) is 3.23. The molecule has 0 heterocycles. The van der Waals surface area contributed by atoms with Crippen molar-refractivity contribution in [2.24, 2.45) is 0 Å². The fourth-order valence-electron chi connectivity index (χ4n) is 0. The first kappa shape index (κ1) is 10.5. The Kier molecular flexibility index (Phi) is 28.0. The standard InChI is InChI=1S/CH4S3.CH3.V/c2-1-4-3;;/h2,4H,1H2;1H3;/q;-1;+2/p-1/i4T;;. The minimum atomic E-state index is -0.674. The summed E-state index contributed by atoms with van der Waals surface area (Å²) in [6, 6.07) is 0. The molecule has 0 aliphatic rings. The third-order valence-electron chi connectivity index (χ3n) is 0.0481. The Balaban J connectivity index is -0.0000000800. The van der Waals surface area contributed by atoms with Gasteiger partial charge in [0, 0.05) is 0 Å². The van der Waals surface area contributed by atoms with E-state index in [1.165, 1.54) is 0 Å². The summed E-state index contributed by atoms with van der Waals surface area (Å²) in [5, 5.41) is 0.398. The van der Waals surface area contributed by atoms with Crippen LogP contribution in [0.5, 0.6) is 0 Å². The predicted octanol–water partition coefficient (Wildman–Crippen LogP) is 0.215. The van der Waals surface area contributed by atoms with Crippen molar-refractivity contribution in [2.45, 2.75) is 0 Å². The summed E-state index contributed by atoms with van der Waals surface area (Å²) in [7, 11) is -0.674. The first-order valence-electron chi connectivity index (χ1n) is 1.15. The normalized spacial score (nSPS) is 12.5. The van der Waals surface area contributed by atoms with Crippen LogP contribution in [-0.2, 0) is 52.6 Å². The number of hydrogen-bond acceptors (Lipinski definition) is 2. The number of hydrogen-bond donors (Lipinski definition) is 1. The van der Waals surface area contributed by atoms with Gasteiger partial charge in [-0.2, -0.15) is 10.2 Å². The van der Waals surface area contributed by atoms with Crippen molar-refractivity contribution >= 4 is 34.0 Å². The SMILES string of the molecule is [3H]S(=S)C[S-].[CH3-].[V+2]. The smallest absolute Gasteiger partial charge is 0.782 e. The molecule has 0 bridgehead atoms. The molecule has 0 aliphatic heterocycles. The summed E-state index contributed by atoms with van der Waals surface area (Å²) in [6.07, 6.45) is 0. The van der Waals surface area contributed by atoms with Crippen LogP contribution < -0.4 is 0 Å². The minimum Gasteiger partial charge on any atom is -0.782 e. The third-order valence-corrected chi connectivity index (χ3v) is 1.30. The molecule has 0 rings (SSSR count). The maximum atomic E-state index is 6.56. The molecule has 0 aliphatic carbocycles. The van der Waals surface area contributed by atoms with E-state index in [4.69, 9.17) is 1.12 Å². The van der Waals surface area contributed by atoms with E-state index in [2.05, 4.69) is 23.8 Å². The maximum Gasteiger partial charge on any atom is 2.00 e. The van der Waals surface area contributed by atoms with Crippen LogP contribution in [-0.4, -0.2) is 6.21 Å². The van der Waals surface area contributed by atoms with Gasteiger partial charge < -0.3 is 20.1 Å². The Bertz CT molecular complexity index is 48.2. The van der Waals surface area contributed by atoms with Gasteiger partial charge in [-0.25, -0.2) is 0 Å². The molecule has 0 aromatic heterocycles. The summed E-state index contributed by atoms with van der Waals surface area (Å²) in [6.45, 7) is 0. The Morgan fingerprint density at radius 3 is 2.17 bits per heavy atom. The fourth-order valence-corrected chi connectivity index (χ4v) is 0. The van der Waals surface area contributed by atoms with Crippen molar-refractivity contribution in [1.82, 2.24) is 0 Å². The van der Waals surface area contributed by atoms with Gasteiger partial charge in [0.25, 0.3) is 0 Å². The molecule has 6 heavy (non-hydrogen) atoms. The summed E-state index contributed by atoms with van der Waals surface area (Å²) < 4.78 is 6.56. The summed E-state index contributed by atoms with van der Waals surface area (Å²) >= 11 is 8.77. The Hall–Kier alpha value is 1.50. The quantitative estimate of drug-likeness (QED) is 0.347. The van der Waals surface area contributed by atoms with Gasteiger partial charge in [-0.3, -0.25) is 0 Å². The van der Waals surface area contributed by atoms with Crippen molar-refractivity contribution in [3.05, 3.63) is 7.43 Å². The second-order valence-electron chi connectivity index (χ2n) is 0.236. The van der Waals surface area contributed by atoms with Crippen LogP contribution in [0.4, 0.5) is 0 Å². The molecule has 0 N–H and O–H groups in total. The summed E-state index contributed by atoms with van der Waals surface area (Å²) in [4.78, 5) is 0.